The summed E-state index contributed by atoms with van der Waals surface area (Å²) in [7, 11) is 0. The highest BCUT2D eigenvalue weighted by atomic mass is 15.3. The Morgan fingerprint density at radius 1 is 1.42 bits per heavy atom. The molecule has 0 spiro atoms. The van der Waals surface area contributed by atoms with Gasteiger partial charge in [-0.3, -0.25) is 4.90 Å². The first-order valence-corrected chi connectivity index (χ1v) is 7.32. The first-order valence-electron chi connectivity index (χ1n) is 7.32. The van der Waals surface area contributed by atoms with Gasteiger partial charge in [-0.05, 0) is 25.2 Å². The average Bonchev–Trinajstić information content (AvgIpc) is 2.93. The molecule has 3 rings (SSSR count). The van der Waals surface area contributed by atoms with Crippen molar-refractivity contribution >= 4 is 0 Å². The molecule has 0 N–H and O–H groups in total. The smallest absolute Gasteiger partial charge is 0.147 e. The van der Waals surface area contributed by atoms with Gasteiger partial charge in [-0.15, -0.1) is 10.2 Å². The van der Waals surface area contributed by atoms with E-state index in [0.717, 1.165) is 37.8 Å². The molecule has 5 nitrogen and oxygen atoms in total. The minimum Gasteiger partial charge on any atom is -0.315 e. The fraction of sp³-hybridized carbons (Fsp3) is 0.786. The zero-order valence-electron chi connectivity index (χ0n) is 11.5. The third-order valence-corrected chi connectivity index (χ3v) is 4.81. The van der Waals surface area contributed by atoms with E-state index in [1.807, 2.05) is 6.33 Å². The lowest BCUT2D eigenvalue weighted by Crippen LogP contribution is -2.47. The van der Waals surface area contributed by atoms with E-state index >= 15 is 0 Å². The zero-order chi connectivity index (χ0) is 13.2. The molecule has 2 aliphatic rings. The third-order valence-electron chi connectivity index (χ3n) is 4.81. The monoisotopic (exact) mass is 259 g/mol. The summed E-state index contributed by atoms with van der Waals surface area (Å²) in [5.74, 6) is 2.02. The van der Waals surface area contributed by atoms with E-state index in [9.17, 15) is 5.26 Å². The van der Waals surface area contributed by atoms with Gasteiger partial charge < -0.3 is 4.57 Å². The van der Waals surface area contributed by atoms with Gasteiger partial charge in [0.15, 0.2) is 0 Å². The van der Waals surface area contributed by atoms with E-state index in [-0.39, 0.29) is 5.92 Å². The Bertz CT molecular complexity index is 474. The van der Waals surface area contributed by atoms with Gasteiger partial charge in [-0.25, -0.2) is 0 Å². The minimum atomic E-state index is 0.192. The Kier molecular flexibility index (Phi) is 3.52. The molecule has 0 amide bonds. The molecular weight excluding hydrogens is 238 g/mol. The number of hydrogen-bond donors (Lipinski definition) is 0. The molecule has 5 heteroatoms. The number of rotatable bonds is 2. The molecule has 102 valence electrons. The lowest BCUT2D eigenvalue weighted by molar-refractivity contribution is 0.0745. The van der Waals surface area contributed by atoms with E-state index < -0.39 is 0 Å². The fourth-order valence-corrected chi connectivity index (χ4v) is 3.52. The van der Waals surface area contributed by atoms with Gasteiger partial charge in [-0.1, -0.05) is 13.3 Å². The predicted molar refractivity (Wildman–Crippen MR) is 71.0 cm³/mol. The summed E-state index contributed by atoms with van der Waals surface area (Å²) in [6.45, 7) is 5.08. The largest absolute Gasteiger partial charge is 0.315 e. The van der Waals surface area contributed by atoms with Crippen LogP contribution >= 0.6 is 0 Å². The van der Waals surface area contributed by atoms with E-state index in [1.54, 1.807) is 0 Å². The SMILES string of the molecule is CCC1CCC(C#N)C(N2CCn3cnnc3C2)C1. The molecule has 3 unspecified atom stereocenters. The topological polar surface area (TPSA) is 57.7 Å². The summed E-state index contributed by atoms with van der Waals surface area (Å²) >= 11 is 0. The number of nitriles is 1. The Morgan fingerprint density at radius 3 is 3.11 bits per heavy atom. The lowest BCUT2D eigenvalue weighted by Gasteiger charge is -2.41. The second kappa shape index (κ2) is 5.30. The van der Waals surface area contributed by atoms with Crippen LogP contribution in [-0.4, -0.2) is 32.3 Å². The molecule has 0 bridgehead atoms. The molecule has 1 aromatic rings. The summed E-state index contributed by atoms with van der Waals surface area (Å²) in [5.41, 5.74) is 0. The maximum atomic E-state index is 9.40. The van der Waals surface area contributed by atoms with E-state index in [4.69, 9.17) is 0 Å². The van der Waals surface area contributed by atoms with Crippen LogP contribution in [0.3, 0.4) is 0 Å². The molecule has 1 fully saturated rings. The van der Waals surface area contributed by atoms with Crippen molar-refractivity contribution in [3.05, 3.63) is 12.2 Å². The van der Waals surface area contributed by atoms with Crippen LogP contribution in [0.5, 0.6) is 0 Å². The molecule has 1 aromatic heterocycles. The van der Waals surface area contributed by atoms with Crippen molar-refractivity contribution in [2.24, 2.45) is 11.8 Å². The molecule has 3 atom stereocenters. The van der Waals surface area contributed by atoms with Crippen LogP contribution in [0.25, 0.3) is 0 Å². The van der Waals surface area contributed by atoms with Gasteiger partial charge in [0.1, 0.15) is 12.2 Å². The highest BCUT2D eigenvalue weighted by Gasteiger charge is 2.35. The normalized spacial score (nSPS) is 31.7. The van der Waals surface area contributed by atoms with Gasteiger partial charge >= 0.3 is 0 Å². The van der Waals surface area contributed by atoms with Crippen molar-refractivity contribution in [3.63, 3.8) is 0 Å². The van der Waals surface area contributed by atoms with Gasteiger partial charge in [0, 0.05) is 19.1 Å². The highest BCUT2D eigenvalue weighted by Crippen LogP contribution is 2.34. The molecule has 0 radical (unpaired) electrons. The average molecular weight is 259 g/mol. The van der Waals surface area contributed by atoms with Crippen molar-refractivity contribution < 1.29 is 0 Å². The first kappa shape index (κ1) is 12.6. The number of fused-ring (bicyclic) bond motifs is 1. The molecule has 1 aliphatic heterocycles. The number of hydrogen-bond acceptors (Lipinski definition) is 4. The van der Waals surface area contributed by atoms with Crippen molar-refractivity contribution in [2.75, 3.05) is 6.54 Å². The summed E-state index contributed by atoms with van der Waals surface area (Å²) in [5, 5.41) is 17.6. The van der Waals surface area contributed by atoms with Gasteiger partial charge in [0.25, 0.3) is 0 Å². The van der Waals surface area contributed by atoms with Crippen LogP contribution < -0.4 is 0 Å². The minimum absolute atomic E-state index is 0.192. The highest BCUT2D eigenvalue weighted by molar-refractivity contribution is 5.00. The zero-order valence-corrected chi connectivity index (χ0v) is 11.5. The maximum Gasteiger partial charge on any atom is 0.147 e. The molecule has 19 heavy (non-hydrogen) atoms. The van der Waals surface area contributed by atoms with Crippen LogP contribution in [-0.2, 0) is 13.1 Å². The summed E-state index contributed by atoms with van der Waals surface area (Å²) in [6.07, 6.45) is 6.49. The Morgan fingerprint density at radius 2 is 2.32 bits per heavy atom. The number of nitrogens with zero attached hydrogens (tertiary/aromatic N) is 5. The second-order valence-electron chi connectivity index (χ2n) is 5.80. The Hall–Kier alpha value is -1.41. The Labute approximate surface area is 114 Å². The maximum absolute atomic E-state index is 9.40. The standard InChI is InChI=1S/C14H21N5/c1-2-11-3-4-12(8-15)13(7-11)18-5-6-19-10-16-17-14(19)9-18/h10-13H,2-7,9H2,1H3. The quantitative estimate of drug-likeness (QED) is 0.813. The van der Waals surface area contributed by atoms with Gasteiger partial charge in [0.05, 0.1) is 18.5 Å². The van der Waals surface area contributed by atoms with Crippen molar-refractivity contribution in [1.82, 2.24) is 19.7 Å². The van der Waals surface area contributed by atoms with Crippen LogP contribution in [0, 0.1) is 23.2 Å². The van der Waals surface area contributed by atoms with Crippen LogP contribution in [0.15, 0.2) is 6.33 Å². The molecule has 1 saturated carbocycles. The second-order valence-corrected chi connectivity index (χ2v) is 5.80. The van der Waals surface area contributed by atoms with E-state index in [1.165, 1.54) is 19.3 Å². The van der Waals surface area contributed by atoms with Gasteiger partial charge in [-0.2, -0.15) is 5.26 Å². The fourth-order valence-electron chi connectivity index (χ4n) is 3.52. The van der Waals surface area contributed by atoms with Crippen LogP contribution in [0.2, 0.25) is 0 Å². The molecule has 0 aromatic carbocycles. The summed E-state index contributed by atoms with van der Waals surface area (Å²) < 4.78 is 2.12. The molecule has 0 saturated heterocycles. The van der Waals surface area contributed by atoms with Crippen LogP contribution in [0.1, 0.15) is 38.4 Å². The number of aromatic nitrogens is 3. The third kappa shape index (κ3) is 2.37. The van der Waals surface area contributed by atoms with E-state index in [2.05, 4.69) is 32.7 Å². The summed E-state index contributed by atoms with van der Waals surface area (Å²) in [4.78, 5) is 2.46. The predicted octanol–water partition coefficient (Wildman–Crippen LogP) is 1.81. The lowest BCUT2D eigenvalue weighted by atomic mass is 9.77. The summed E-state index contributed by atoms with van der Waals surface area (Å²) in [6, 6.07) is 2.94. The first-order chi connectivity index (χ1) is 9.31. The van der Waals surface area contributed by atoms with E-state index in [0.29, 0.717) is 6.04 Å². The Balaban J connectivity index is 1.75. The molecule has 1 aliphatic carbocycles. The van der Waals surface area contributed by atoms with Crippen molar-refractivity contribution in [1.29, 1.82) is 5.26 Å². The molecular formula is C14H21N5. The van der Waals surface area contributed by atoms with Gasteiger partial charge in [0.2, 0.25) is 0 Å². The molecule has 2 heterocycles. The van der Waals surface area contributed by atoms with Crippen molar-refractivity contribution in [2.45, 2.75) is 51.7 Å². The van der Waals surface area contributed by atoms with Crippen LogP contribution in [0.4, 0.5) is 0 Å². The van der Waals surface area contributed by atoms with Crippen molar-refractivity contribution in [3.8, 4) is 6.07 Å².